The number of nitrogens with one attached hydrogen (secondary N) is 2. The van der Waals surface area contributed by atoms with Gasteiger partial charge in [-0.3, -0.25) is 19.2 Å². The molecule has 0 aliphatic carbocycles. The molecular formula is C25H29N3O5. The fraction of sp³-hybridized carbons (Fsp3) is 0.360. The van der Waals surface area contributed by atoms with Crippen molar-refractivity contribution in [1.29, 1.82) is 0 Å². The summed E-state index contributed by atoms with van der Waals surface area (Å²) in [6.07, 6.45) is 0.0318. The van der Waals surface area contributed by atoms with E-state index in [1.807, 2.05) is 31.2 Å². The van der Waals surface area contributed by atoms with E-state index in [-0.39, 0.29) is 17.7 Å². The number of hydrogen-bond acceptors (Lipinski definition) is 5. The number of esters is 1. The van der Waals surface area contributed by atoms with E-state index in [1.165, 1.54) is 13.8 Å². The summed E-state index contributed by atoms with van der Waals surface area (Å²) in [4.78, 5) is 50.6. The van der Waals surface area contributed by atoms with Crippen LogP contribution in [-0.4, -0.2) is 47.8 Å². The maximum absolute atomic E-state index is 12.7. The van der Waals surface area contributed by atoms with Crippen LogP contribution in [0.15, 0.2) is 48.5 Å². The van der Waals surface area contributed by atoms with Crippen molar-refractivity contribution in [1.82, 2.24) is 4.90 Å². The van der Waals surface area contributed by atoms with Gasteiger partial charge in [0.1, 0.15) is 0 Å². The van der Waals surface area contributed by atoms with Crippen molar-refractivity contribution in [3.05, 3.63) is 59.7 Å². The molecule has 8 heteroatoms. The normalized spacial score (nSPS) is 14.8. The molecule has 2 aromatic carbocycles. The van der Waals surface area contributed by atoms with E-state index >= 15 is 0 Å². The summed E-state index contributed by atoms with van der Waals surface area (Å²) in [5, 5.41) is 5.34. The van der Waals surface area contributed by atoms with Crippen LogP contribution in [0.2, 0.25) is 0 Å². The topological polar surface area (TPSA) is 105 Å². The summed E-state index contributed by atoms with van der Waals surface area (Å²) in [7, 11) is 0. The SMILES string of the molecule is CC(=O)Nc1ccc(NC(=O)C(C)OC(=O)C2CCN(C(=O)c3ccccc3C)CC2)cc1. The van der Waals surface area contributed by atoms with Crippen molar-refractivity contribution in [3.8, 4) is 0 Å². The number of hydrogen-bond donors (Lipinski definition) is 2. The van der Waals surface area contributed by atoms with Gasteiger partial charge in [0.2, 0.25) is 5.91 Å². The zero-order valence-electron chi connectivity index (χ0n) is 19.1. The first-order chi connectivity index (χ1) is 15.7. The van der Waals surface area contributed by atoms with Gasteiger partial charge in [0.05, 0.1) is 5.92 Å². The number of amides is 3. The molecule has 2 N–H and O–H groups in total. The number of aryl methyl sites for hydroxylation is 1. The lowest BCUT2D eigenvalue weighted by atomic mass is 9.96. The molecule has 3 amide bonds. The van der Waals surface area contributed by atoms with Gasteiger partial charge in [0.15, 0.2) is 6.10 Å². The largest absolute Gasteiger partial charge is 0.452 e. The molecule has 1 saturated heterocycles. The Hall–Kier alpha value is -3.68. The molecule has 1 heterocycles. The number of rotatable bonds is 6. The van der Waals surface area contributed by atoms with Gasteiger partial charge < -0.3 is 20.3 Å². The maximum Gasteiger partial charge on any atom is 0.309 e. The third kappa shape index (κ3) is 6.41. The van der Waals surface area contributed by atoms with Crippen molar-refractivity contribution in [2.24, 2.45) is 5.92 Å². The molecule has 1 fully saturated rings. The lowest BCUT2D eigenvalue weighted by Gasteiger charge is -2.31. The fourth-order valence-corrected chi connectivity index (χ4v) is 3.71. The number of carbonyl (C=O) groups is 4. The minimum Gasteiger partial charge on any atom is -0.452 e. The van der Waals surface area contributed by atoms with Gasteiger partial charge in [0, 0.05) is 37.0 Å². The molecule has 1 atom stereocenters. The lowest BCUT2D eigenvalue weighted by molar-refractivity contribution is -0.158. The monoisotopic (exact) mass is 451 g/mol. The molecule has 2 aromatic rings. The highest BCUT2D eigenvalue weighted by Crippen LogP contribution is 2.22. The van der Waals surface area contributed by atoms with Crippen LogP contribution >= 0.6 is 0 Å². The first kappa shape index (κ1) is 24.0. The summed E-state index contributed by atoms with van der Waals surface area (Å²) in [6.45, 7) is 5.77. The Morgan fingerprint density at radius 3 is 2.09 bits per heavy atom. The predicted molar refractivity (Wildman–Crippen MR) is 125 cm³/mol. The second kappa shape index (κ2) is 10.8. The third-order valence-electron chi connectivity index (χ3n) is 5.63. The smallest absolute Gasteiger partial charge is 0.309 e. The zero-order valence-corrected chi connectivity index (χ0v) is 19.1. The van der Waals surface area contributed by atoms with E-state index < -0.39 is 18.0 Å². The Morgan fingerprint density at radius 1 is 0.939 bits per heavy atom. The molecule has 0 bridgehead atoms. The van der Waals surface area contributed by atoms with Crippen molar-refractivity contribution >= 4 is 35.1 Å². The van der Waals surface area contributed by atoms with Gasteiger partial charge in [-0.05, 0) is 62.6 Å². The van der Waals surface area contributed by atoms with E-state index in [9.17, 15) is 19.2 Å². The number of likely N-dealkylation sites (tertiary alicyclic amines) is 1. The zero-order chi connectivity index (χ0) is 24.0. The average Bonchev–Trinajstić information content (AvgIpc) is 2.80. The first-order valence-corrected chi connectivity index (χ1v) is 11.0. The molecule has 1 aliphatic rings. The molecule has 174 valence electrons. The van der Waals surface area contributed by atoms with Gasteiger partial charge in [-0.1, -0.05) is 18.2 Å². The van der Waals surface area contributed by atoms with Crippen LogP contribution in [-0.2, 0) is 19.1 Å². The fourth-order valence-electron chi connectivity index (χ4n) is 3.71. The predicted octanol–water partition coefficient (Wildman–Crippen LogP) is 3.38. The highest BCUT2D eigenvalue weighted by atomic mass is 16.5. The van der Waals surface area contributed by atoms with Crippen LogP contribution in [0.4, 0.5) is 11.4 Å². The van der Waals surface area contributed by atoms with Crippen molar-refractivity contribution in [2.75, 3.05) is 23.7 Å². The van der Waals surface area contributed by atoms with Crippen LogP contribution in [0.5, 0.6) is 0 Å². The average molecular weight is 452 g/mol. The Labute approximate surface area is 193 Å². The second-order valence-corrected chi connectivity index (χ2v) is 8.21. The molecule has 3 rings (SSSR count). The molecule has 1 unspecified atom stereocenters. The Bertz CT molecular complexity index is 1030. The minimum absolute atomic E-state index is 0.0304. The molecule has 0 radical (unpaired) electrons. The number of piperidine rings is 1. The Morgan fingerprint density at radius 2 is 1.52 bits per heavy atom. The summed E-state index contributed by atoms with van der Waals surface area (Å²) in [5.41, 5.74) is 2.75. The van der Waals surface area contributed by atoms with Crippen LogP contribution in [0.3, 0.4) is 0 Å². The van der Waals surface area contributed by atoms with E-state index in [1.54, 1.807) is 29.2 Å². The highest BCUT2D eigenvalue weighted by Gasteiger charge is 2.31. The Balaban J connectivity index is 1.47. The maximum atomic E-state index is 12.7. The molecule has 33 heavy (non-hydrogen) atoms. The molecule has 0 aromatic heterocycles. The molecule has 1 aliphatic heterocycles. The van der Waals surface area contributed by atoms with Crippen LogP contribution < -0.4 is 10.6 Å². The van der Waals surface area contributed by atoms with Gasteiger partial charge in [-0.15, -0.1) is 0 Å². The number of ether oxygens (including phenoxy) is 1. The summed E-state index contributed by atoms with van der Waals surface area (Å²) in [5.74, 6) is -1.43. The number of anilines is 2. The number of carbonyl (C=O) groups excluding carboxylic acids is 4. The van der Waals surface area contributed by atoms with Gasteiger partial charge >= 0.3 is 5.97 Å². The van der Waals surface area contributed by atoms with Gasteiger partial charge in [0.25, 0.3) is 11.8 Å². The number of nitrogens with zero attached hydrogens (tertiary/aromatic N) is 1. The standard InChI is InChI=1S/C25H29N3O5/c1-16-6-4-5-7-22(16)24(31)28-14-12-19(13-15-28)25(32)33-17(2)23(30)27-21-10-8-20(9-11-21)26-18(3)29/h4-11,17,19H,12-15H2,1-3H3,(H,26,29)(H,27,30). The second-order valence-electron chi connectivity index (χ2n) is 8.21. The minimum atomic E-state index is -0.959. The number of benzene rings is 2. The van der Waals surface area contributed by atoms with Crippen LogP contribution in [0.1, 0.15) is 42.6 Å². The molecule has 0 saturated carbocycles. The quantitative estimate of drug-likeness (QED) is 0.655. The van der Waals surface area contributed by atoms with E-state index in [0.717, 1.165) is 5.56 Å². The molecule has 0 spiro atoms. The van der Waals surface area contributed by atoms with Crippen LogP contribution in [0, 0.1) is 12.8 Å². The molecular weight excluding hydrogens is 422 g/mol. The summed E-state index contributed by atoms with van der Waals surface area (Å²) < 4.78 is 5.39. The highest BCUT2D eigenvalue weighted by molar-refractivity contribution is 5.96. The van der Waals surface area contributed by atoms with E-state index in [4.69, 9.17) is 4.74 Å². The Kier molecular flexibility index (Phi) is 7.82. The third-order valence-corrected chi connectivity index (χ3v) is 5.63. The lowest BCUT2D eigenvalue weighted by Crippen LogP contribution is -2.42. The summed E-state index contributed by atoms with van der Waals surface area (Å²) >= 11 is 0. The summed E-state index contributed by atoms with van der Waals surface area (Å²) in [6, 6.07) is 14.1. The van der Waals surface area contributed by atoms with Crippen molar-refractivity contribution in [3.63, 3.8) is 0 Å². The first-order valence-electron chi connectivity index (χ1n) is 11.0. The molecule has 8 nitrogen and oxygen atoms in total. The van der Waals surface area contributed by atoms with E-state index in [2.05, 4.69) is 10.6 Å². The van der Waals surface area contributed by atoms with Crippen molar-refractivity contribution in [2.45, 2.75) is 39.7 Å². The van der Waals surface area contributed by atoms with E-state index in [0.29, 0.717) is 42.9 Å². The van der Waals surface area contributed by atoms with Gasteiger partial charge in [-0.2, -0.15) is 0 Å². The van der Waals surface area contributed by atoms with Crippen LogP contribution in [0.25, 0.3) is 0 Å². The van der Waals surface area contributed by atoms with Crippen molar-refractivity contribution < 1.29 is 23.9 Å². The van der Waals surface area contributed by atoms with Gasteiger partial charge in [-0.25, -0.2) is 0 Å².